The molecule has 1 radical (unpaired) electrons. The summed E-state index contributed by atoms with van der Waals surface area (Å²) in [6, 6.07) is 0. The second-order valence-electron chi connectivity index (χ2n) is 2.23. The van der Waals surface area contributed by atoms with Crippen molar-refractivity contribution in [1.29, 1.82) is 5.41 Å². The maximum absolute atomic E-state index is 7.19. The summed E-state index contributed by atoms with van der Waals surface area (Å²) in [6.07, 6.45) is 0.0579. The van der Waals surface area contributed by atoms with Crippen molar-refractivity contribution in [2.45, 2.75) is 20.0 Å². The topological polar surface area (TPSA) is 33.1 Å². The van der Waals surface area contributed by atoms with Gasteiger partial charge in [-0.15, -0.1) is 0 Å². The Kier molecular flexibility index (Phi) is 3.47. The van der Waals surface area contributed by atoms with E-state index in [4.69, 9.17) is 10.1 Å². The van der Waals surface area contributed by atoms with Crippen molar-refractivity contribution < 1.29 is 4.74 Å². The van der Waals surface area contributed by atoms with Gasteiger partial charge >= 0.3 is 0 Å². The number of ether oxygens (including phenoxy) is 1. The number of methoxy groups -OCH3 is 1. The molecular formula is C7H14NO. The Bertz CT molecular complexity index is 101. The predicted octanol–water partition coefficient (Wildman–Crippen LogP) is 1.51. The van der Waals surface area contributed by atoms with Gasteiger partial charge in [0.1, 0.15) is 0 Å². The Labute approximate surface area is 56.7 Å². The molecule has 0 fully saturated rings. The van der Waals surface area contributed by atoms with E-state index >= 15 is 0 Å². The third kappa shape index (κ3) is 2.61. The summed E-state index contributed by atoms with van der Waals surface area (Å²) in [7, 11) is 1.63. The predicted molar refractivity (Wildman–Crippen MR) is 38.7 cm³/mol. The van der Waals surface area contributed by atoms with Gasteiger partial charge in [-0.05, 0) is 20.8 Å². The Morgan fingerprint density at radius 3 is 2.22 bits per heavy atom. The molecule has 0 saturated carbocycles. The fourth-order valence-electron chi connectivity index (χ4n) is 0.516. The first-order valence-electron chi connectivity index (χ1n) is 3.00. The van der Waals surface area contributed by atoms with Crippen LogP contribution < -0.4 is 0 Å². The van der Waals surface area contributed by atoms with Crippen LogP contribution in [-0.4, -0.2) is 18.9 Å². The van der Waals surface area contributed by atoms with Gasteiger partial charge in [0.05, 0.1) is 6.10 Å². The SMILES string of the molecule is [CH2]C(C(C)=N)C(C)OC. The molecule has 2 heteroatoms. The van der Waals surface area contributed by atoms with Crippen molar-refractivity contribution in [3.05, 3.63) is 6.92 Å². The van der Waals surface area contributed by atoms with E-state index in [2.05, 4.69) is 6.92 Å². The Hall–Kier alpha value is -0.370. The van der Waals surface area contributed by atoms with E-state index in [-0.39, 0.29) is 12.0 Å². The standard InChI is InChI=1S/C7H14NO/c1-5(6(2)8)7(3)9-4/h5,7-8H,1H2,2-4H3. The van der Waals surface area contributed by atoms with Crippen LogP contribution in [0.5, 0.6) is 0 Å². The Morgan fingerprint density at radius 1 is 1.67 bits per heavy atom. The lowest BCUT2D eigenvalue weighted by Gasteiger charge is -2.16. The molecule has 2 atom stereocenters. The van der Waals surface area contributed by atoms with Crippen molar-refractivity contribution >= 4 is 5.71 Å². The highest BCUT2D eigenvalue weighted by molar-refractivity contribution is 5.82. The van der Waals surface area contributed by atoms with Gasteiger partial charge in [0, 0.05) is 18.7 Å². The summed E-state index contributed by atoms with van der Waals surface area (Å²) in [5.74, 6) is -0.00463. The molecule has 0 spiro atoms. The smallest absolute Gasteiger partial charge is 0.0623 e. The monoisotopic (exact) mass is 128 g/mol. The van der Waals surface area contributed by atoms with Gasteiger partial charge in [-0.25, -0.2) is 0 Å². The molecule has 0 aliphatic rings. The minimum atomic E-state index is -0.00463. The minimum Gasteiger partial charge on any atom is -0.381 e. The summed E-state index contributed by atoms with van der Waals surface area (Å²) in [5.41, 5.74) is 0.573. The first-order valence-corrected chi connectivity index (χ1v) is 3.00. The molecule has 0 aliphatic heterocycles. The van der Waals surface area contributed by atoms with Crippen molar-refractivity contribution in [2.75, 3.05) is 7.11 Å². The fraction of sp³-hybridized carbons (Fsp3) is 0.714. The van der Waals surface area contributed by atoms with Crippen LogP contribution in [-0.2, 0) is 4.74 Å². The number of rotatable bonds is 3. The first-order chi connectivity index (χ1) is 4.09. The van der Waals surface area contributed by atoms with Crippen molar-refractivity contribution in [1.82, 2.24) is 0 Å². The van der Waals surface area contributed by atoms with Crippen LogP contribution in [0.25, 0.3) is 0 Å². The molecule has 2 unspecified atom stereocenters. The van der Waals surface area contributed by atoms with E-state index in [0.717, 1.165) is 0 Å². The largest absolute Gasteiger partial charge is 0.381 e. The van der Waals surface area contributed by atoms with E-state index in [0.29, 0.717) is 5.71 Å². The zero-order valence-electron chi connectivity index (χ0n) is 6.27. The van der Waals surface area contributed by atoms with Crippen LogP contribution in [0.1, 0.15) is 13.8 Å². The number of nitrogens with one attached hydrogen (secondary N) is 1. The molecule has 0 aromatic carbocycles. The lowest BCUT2D eigenvalue weighted by molar-refractivity contribution is 0.102. The molecule has 0 amide bonds. The first kappa shape index (κ1) is 8.63. The highest BCUT2D eigenvalue weighted by Gasteiger charge is 2.11. The summed E-state index contributed by atoms with van der Waals surface area (Å²) in [5, 5.41) is 7.19. The summed E-state index contributed by atoms with van der Waals surface area (Å²) >= 11 is 0. The number of hydrogen-bond donors (Lipinski definition) is 1. The quantitative estimate of drug-likeness (QED) is 0.574. The van der Waals surface area contributed by atoms with Gasteiger partial charge in [-0.1, -0.05) is 0 Å². The number of hydrogen-bond acceptors (Lipinski definition) is 2. The lowest BCUT2D eigenvalue weighted by atomic mass is 10.0. The van der Waals surface area contributed by atoms with Crippen LogP contribution >= 0.6 is 0 Å². The Balaban J connectivity index is 3.72. The highest BCUT2D eigenvalue weighted by Crippen LogP contribution is 2.05. The average molecular weight is 128 g/mol. The molecule has 0 rings (SSSR count). The molecule has 0 aliphatic carbocycles. The van der Waals surface area contributed by atoms with Crippen LogP contribution in [0.3, 0.4) is 0 Å². The van der Waals surface area contributed by atoms with E-state index < -0.39 is 0 Å². The normalized spacial score (nSPS) is 16.9. The summed E-state index contributed by atoms with van der Waals surface area (Å²) in [6.45, 7) is 7.41. The van der Waals surface area contributed by atoms with Crippen LogP contribution in [0.4, 0.5) is 0 Å². The fourth-order valence-corrected chi connectivity index (χ4v) is 0.516. The minimum absolute atomic E-state index is 0.00463. The maximum Gasteiger partial charge on any atom is 0.0623 e. The zero-order chi connectivity index (χ0) is 7.44. The molecule has 0 saturated heterocycles. The average Bonchev–Trinajstić information content (AvgIpc) is 1.84. The zero-order valence-corrected chi connectivity index (χ0v) is 6.27. The van der Waals surface area contributed by atoms with E-state index in [1.54, 1.807) is 14.0 Å². The molecule has 1 N–H and O–H groups in total. The van der Waals surface area contributed by atoms with Gasteiger partial charge in [0.15, 0.2) is 0 Å². The third-order valence-electron chi connectivity index (χ3n) is 1.49. The second kappa shape index (κ2) is 3.62. The third-order valence-corrected chi connectivity index (χ3v) is 1.49. The Morgan fingerprint density at radius 2 is 2.11 bits per heavy atom. The van der Waals surface area contributed by atoms with Crippen molar-refractivity contribution in [3.8, 4) is 0 Å². The molecule has 2 nitrogen and oxygen atoms in total. The lowest BCUT2D eigenvalue weighted by Crippen LogP contribution is -2.22. The maximum atomic E-state index is 7.19. The molecule has 0 heterocycles. The van der Waals surface area contributed by atoms with Gasteiger partial charge in [-0.3, -0.25) is 0 Å². The summed E-state index contributed by atoms with van der Waals surface area (Å²) in [4.78, 5) is 0. The molecule has 0 bridgehead atoms. The van der Waals surface area contributed by atoms with E-state index in [9.17, 15) is 0 Å². The van der Waals surface area contributed by atoms with Crippen LogP contribution in [0.15, 0.2) is 0 Å². The molecule has 0 aromatic rings. The van der Waals surface area contributed by atoms with Gasteiger partial charge in [-0.2, -0.15) is 0 Å². The van der Waals surface area contributed by atoms with Gasteiger partial charge < -0.3 is 10.1 Å². The second-order valence-corrected chi connectivity index (χ2v) is 2.23. The molecule has 0 aromatic heterocycles. The van der Waals surface area contributed by atoms with E-state index in [1.807, 2.05) is 6.92 Å². The van der Waals surface area contributed by atoms with Crippen LogP contribution in [0.2, 0.25) is 0 Å². The van der Waals surface area contributed by atoms with E-state index in [1.165, 1.54) is 0 Å². The van der Waals surface area contributed by atoms with Crippen molar-refractivity contribution in [2.24, 2.45) is 5.92 Å². The molecular weight excluding hydrogens is 114 g/mol. The summed E-state index contributed by atoms with van der Waals surface area (Å²) < 4.78 is 4.97. The molecule has 53 valence electrons. The molecule has 9 heavy (non-hydrogen) atoms. The highest BCUT2D eigenvalue weighted by atomic mass is 16.5. The van der Waals surface area contributed by atoms with Gasteiger partial charge in [0.2, 0.25) is 0 Å². The van der Waals surface area contributed by atoms with Gasteiger partial charge in [0.25, 0.3) is 0 Å². The van der Waals surface area contributed by atoms with Crippen LogP contribution in [0, 0.1) is 18.3 Å². The van der Waals surface area contributed by atoms with Crippen molar-refractivity contribution in [3.63, 3.8) is 0 Å².